The van der Waals surface area contributed by atoms with Gasteiger partial charge in [-0.3, -0.25) is 0 Å². The molecule has 0 aromatic carbocycles. The van der Waals surface area contributed by atoms with Crippen molar-refractivity contribution in [3.8, 4) is 0 Å². The maximum atomic E-state index is 12.9. The summed E-state index contributed by atoms with van der Waals surface area (Å²) in [6, 6.07) is 0. The topological polar surface area (TPSA) is 30.5 Å². The summed E-state index contributed by atoms with van der Waals surface area (Å²) >= 11 is 0. The second-order valence-electron chi connectivity index (χ2n) is 8.85. The molecule has 0 amide bonds. The van der Waals surface area contributed by atoms with Crippen molar-refractivity contribution in [1.82, 2.24) is 5.32 Å². The van der Waals surface area contributed by atoms with E-state index in [0.29, 0.717) is 13.0 Å². The van der Waals surface area contributed by atoms with E-state index in [4.69, 9.17) is 9.47 Å². The minimum absolute atomic E-state index is 0.0755. The van der Waals surface area contributed by atoms with Gasteiger partial charge in [-0.15, -0.1) is 0 Å². The number of ether oxygens (including phenoxy) is 2. The maximum Gasteiger partial charge on any atom is 0.0995 e. The molecular formula is C21H44FNO2S2. The minimum Gasteiger partial charge on any atom is -0.375 e. The number of hydrogen-bond acceptors (Lipinski definition) is 5. The maximum absolute atomic E-state index is 12.9. The predicted octanol–water partition coefficient (Wildman–Crippen LogP) is 6.26. The van der Waals surface area contributed by atoms with Gasteiger partial charge < -0.3 is 14.8 Å². The first kappa shape index (κ1) is 27.5. The van der Waals surface area contributed by atoms with Gasteiger partial charge in [0.2, 0.25) is 0 Å². The summed E-state index contributed by atoms with van der Waals surface area (Å²) in [7, 11) is 5.87. The lowest BCUT2D eigenvalue weighted by Crippen LogP contribution is -2.31. The number of rotatable bonds is 17. The van der Waals surface area contributed by atoms with Crippen molar-refractivity contribution in [3.05, 3.63) is 0 Å². The Morgan fingerprint density at radius 1 is 0.963 bits per heavy atom. The van der Waals surface area contributed by atoms with Crippen LogP contribution in [0.4, 0.5) is 4.39 Å². The average Bonchev–Trinajstić information content (AvgIpc) is 2.56. The Morgan fingerprint density at radius 2 is 1.56 bits per heavy atom. The number of halogens is 1. The van der Waals surface area contributed by atoms with E-state index in [1.807, 2.05) is 28.6 Å². The molecule has 6 heteroatoms. The van der Waals surface area contributed by atoms with Crippen molar-refractivity contribution >= 4 is 21.6 Å². The first-order valence-corrected chi connectivity index (χ1v) is 12.6. The highest BCUT2D eigenvalue weighted by atomic mass is 33.1. The zero-order valence-corrected chi connectivity index (χ0v) is 20.6. The SMILES string of the molecule is CCC(C)(CCOC(C)(C)CCNC)SSCCC(C)(C)OCCC(C)F. The molecule has 0 aliphatic rings. The van der Waals surface area contributed by atoms with Crippen LogP contribution in [0.5, 0.6) is 0 Å². The molecule has 0 aliphatic carbocycles. The lowest BCUT2D eigenvalue weighted by molar-refractivity contribution is -0.0264. The zero-order valence-electron chi connectivity index (χ0n) is 19.0. The second-order valence-corrected chi connectivity index (χ2v) is 11.9. The van der Waals surface area contributed by atoms with Crippen LogP contribution in [-0.2, 0) is 9.47 Å². The van der Waals surface area contributed by atoms with E-state index < -0.39 is 6.17 Å². The Labute approximate surface area is 176 Å². The first-order valence-electron chi connectivity index (χ1n) is 10.3. The molecule has 0 aromatic heterocycles. The molecule has 1 N–H and O–H groups in total. The van der Waals surface area contributed by atoms with Crippen LogP contribution in [0.3, 0.4) is 0 Å². The van der Waals surface area contributed by atoms with Gasteiger partial charge in [-0.25, -0.2) is 4.39 Å². The molecular weight excluding hydrogens is 381 g/mol. The lowest BCUT2D eigenvalue weighted by Gasteiger charge is -2.31. The molecule has 0 heterocycles. The Kier molecular flexibility index (Phi) is 13.9. The monoisotopic (exact) mass is 425 g/mol. The molecule has 0 fully saturated rings. The quantitative estimate of drug-likeness (QED) is 0.219. The van der Waals surface area contributed by atoms with Crippen LogP contribution >= 0.6 is 21.6 Å². The predicted molar refractivity (Wildman–Crippen MR) is 122 cm³/mol. The van der Waals surface area contributed by atoms with E-state index in [1.54, 1.807) is 6.92 Å². The van der Waals surface area contributed by atoms with Crippen molar-refractivity contribution in [2.45, 2.75) is 103 Å². The van der Waals surface area contributed by atoms with Crippen LogP contribution in [-0.4, -0.2) is 54.7 Å². The van der Waals surface area contributed by atoms with Gasteiger partial charge in [0.25, 0.3) is 0 Å². The van der Waals surface area contributed by atoms with Crippen molar-refractivity contribution in [2.75, 3.05) is 32.6 Å². The molecule has 0 saturated carbocycles. The van der Waals surface area contributed by atoms with Gasteiger partial charge in [0, 0.05) is 23.5 Å². The molecule has 0 aromatic rings. The van der Waals surface area contributed by atoms with Crippen LogP contribution in [0.2, 0.25) is 0 Å². The highest BCUT2D eigenvalue weighted by Crippen LogP contribution is 2.42. The molecule has 0 rings (SSSR count). The second kappa shape index (κ2) is 13.7. The van der Waals surface area contributed by atoms with Crippen LogP contribution in [0.15, 0.2) is 0 Å². The first-order chi connectivity index (χ1) is 12.5. The van der Waals surface area contributed by atoms with Gasteiger partial charge in [-0.2, -0.15) is 0 Å². The summed E-state index contributed by atoms with van der Waals surface area (Å²) in [5.41, 5.74) is -0.264. The summed E-state index contributed by atoms with van der Waals surface area (Å²) in [6.45, 7) is 17.0. The van der Waals surface area contributed by atoms with Gasteiger partial charge in [0.05, 0.1) is 24.0 Å². The molecule has 2 unspecified atom stereocenters. The third-order valence-electron chi connectivity index (χ3n) is 4.90. The zero-order chi connectivity index (χ0) is 21.0. The summed E-state index contributed by atoms with van der Waals surface area (Å²) in [6.07, 6.45) is 3.85. The summed E-state index contributed by atoms with van der Waals surface area (Å²) in [4.78, 5) is 0. The van der Waals surface area contributed by atoms with E-state index in [1.165, 1.54) is 0 Å². The largest absolute Gasteiger partial charge is 0.375 e. The van der Waals surface area contributed by atoms with Crippen LogP contribution in [0.1, 0.15) is 80.6 Å². The Bertz CT molecular complexity index is 381. The van der Waals surface area contributed by atoms with Gasteiger partial charge in [0.15, 0.2) is 0 Å². The van der Waals surface area contributed by atoms with Crippen molar-refractivity contribution < 1.29 is 13.9 Å². The van der Waals surface area contributed by atoms with Crippen molar-refractivity contribution in [1.29, 1.82) is 0 Å². The molecule has 0 aliphatic heterocycles. The van der Waals surface area contributed by atoms with Crippen LogP contribution < -0.4 is 5.32 Å². The summed E-state index contributed by atoms with van der Waals surface area (Å²) < 4.78 is 25.1. The molecule has 0 bridgehead atoms. The molecule has 0 radical (unpaired) electrons. The normalized spacial score (nSPS) is 16.3. The summed E-state index contributed by atoms with van der Waals surface area (Å²) in [5, 5.41) is 3.19. The molecule has 164 valence electrons. The number of alkyl halides is 1. The van der Waals surface area contributed by atoms with E-state index in [-0.39, 0.29) is 15.9 Å². The Hall–Kier alpha value is 0.510. The van der Waals surface area contributed by atoms with E-state index in [9.17, 15) is 4.39 Å². The third kappa shape index (κ3) is 15.1. The standard InChI is InChI=1S/C21H44FNO2S2/c1-9-21(7,12-16-25-19(3,4)11-14-23-8)27-26-17-13-20(5,6)24-15-10-18(2)22/h18,23H,9-17H2,1-8H3. The smallest absolute Gasteiger partial charge is 0.0995 e. The van der Waals surface area contributed by atoms with Gasteiger partial charge in [-0.05, 0) is 80.8 Å². The molecule has 0 spiro atoms. The van der Waals surface area contributed by atoms with Crippen LogP contribution in [0.25, 0.3) is 0 Å². The number of hydrogen-bond donors (Lipinski definition) is 1. The van der Waals surface area contributed by atoms with Gasteiger partial charge >= 0.3 is 0 Å². The van der Waals surface area contributed by atoms with Crippen molar-refractivity contribution in [3.63, 3.8) is 0 Å². The fourth-order valence-corrected chi connectivity index (χ4v) is 5.54. The Balaban J connectivity index is 4.12. The minimum atomic E-state index is -0.790. The fourth-order valence-electron chi connectivity index (χ4n) is 2.36. The fraction of sp³-hybridized carbons (Fsp3) is 1.00. The average molecular weight is 426 g/mol. The summed E-state index contributed by atoms with van der Waals surface area (Å²) in [5.74, 6) is 1.03. The highest BCUT2D eigenvalue weighted by Gasteiger charge is 2.26. The van der Waals surface area contributed by atoms with Crippen molar-refractivity contribution in [2.24, 2.45) is 0 Å². The van der Waals surface area contributed by atoms with Gasteiger partial charge in [0.1, 0.15) is 0 Å². The number of nitrogens with one attached hydrogen (secondary N) is 1. The lowest BCUT2D eigenvalue weighted by atomic mass is 10.0. The molecule has 3 nitrogen and oxygen atoms in total. The Morgan fingerprint density at radius 3 is 2.11 bits per heavy atom. The molecule has 2 atom stereocenters. The third-order valence-corrected chi connectivity index (χ3v) is 8.35. The van der Waals surface area contributed by atoms with Crippen LogP contribution in [0, 0.1) is 0 Å². The highest BCUT2D eigenvalue weighted by molar-refractivity contribution is 8.77. The van der Waals surface area contributed by atoms with Gasteiger partial charge in [-0.1, -0.05) is 28.5 Å². The molecule has 27 heavy (non-hydrogen) atoms. The molecule has 0 saturated heterocycles. The van der Waals surface area contributed by atoms with E-state index in [0.717, 1.165) is 44.6 Å². The van der Waals surface area contributed by atoms with E-state index >= 15 is 0 Å². The van der Waals surface area contributed by atoms with E-state index in [2.05, 4.69) is 46.9 Å².